The number of ether oxygens (including phenoxy) is 2. The van der Waals surface area contributed by atoms with Gasteiger partial charge in [0.15, 0.2) is 0 Å². The van der Waals surface area contributed by atoms with Gasteiger partial charge in [0.2, 0.25) is 0 Å². The van der Waals surface area contributed by atoms with E-state index < -0.39 is 0 Å². The fourth-order valence-electron chi connectivity index (χ4n) is 2.74. The van der Waals surface area contributed by atoms with Crippen molar-refractivity contribution < 1.29 is 9.47 Å². The molecule has 2 rings (SSSR count). The molecule has 20 heavy (non-hydrogen) atoms. The molecule has 1 aromatic carbocycles. The molecule has 1 aromatic rings. The third-order valence-electron chi connectivity index (χ3n) is 3.76. The number of benzene rings is 1. The molecule has 3 N–H and O–H groups in total. The Kier molecular flexibility index (Phi) is 4.98. The van der Waals surface area contributed by atoms with Gasteiger partial charge in [-0.3, -0.25) is 10.3 Å². The number of nitrogens with one attached hydrogen (secondary N) is 1. The number of likely N-dealkylation sites (tertiary alicyclic amines) is 1. The van der Waals surface area contributed by atoms with Gasteiger partial charge in [-0.25, -0.2) is 0 Å². The highest BCUT2D eigenvalue weighted by Gasteiger charge is 2.23. The number of nitrogens with zero attached hydrogens (tertiary/aromatic N) is 1. The second kappa shape index (κ2) is 6.72. The van der Waals surface area contributed by atoms with Gasteiger partial charge >= 0.3 is 0 Å². The van der Waals surface area contributed by atoms with Gasteiger partial charge in [0.25, 0.3) is 0 Å². The molecule has 1 saturated heterocycles. The van der Waals surface area contributed by atoms with E-state index in [9.17, 15) is 0 Å². The number of nitrogens with two attached hydrogens (primary N) is 1. The molecule has 0 saturated carbocycles. The molecule has 1 aliphatic rings. The Bertz CT molecular complexity index is 476. The van der Waals surface area contributed by atoms with Crippen LogP contribution in [0.1, 0.15) is 17.5 Å². The average Bonchev–Trinajstić information content (AvgIpc) is 2.86. The van der Waals surface area contributed by atoms with Crippen molar-refractivity contribution in [2.75, 3.05) is 33.9 Å². The summed E-state index contributed by atoms with van der Waals surface area (Å²) in [6.07, 6.45) is 1.17. The minimum Gasteiger partial charge on any atom is -0.496 e. The van der Waals surface area contributed by atoms with Crippen molar-refractivity contribution >= 4 is 5.84 Å². The van der Waals surface area contributed by atoms with Crippen LogP contribution >= 0.6 is 0 Å². The van der Waals surface area contributed by atoms with Crippen molar-refractivity contribution in [2.45, 2.75) is 13.0 Å². The van der Waals surface area contributed by atoms with Crippen LogP contribution in [0.15, 0.2) is 18.2 Å². The lowest BCUT2D eigenvalue weighted by molar-refractivity contribution is 0.152. The molecular formula is C15H23N3O2. The summed E-state index contributed by atoms with van der Waals surface area (Å²) in [7, 11) is 3.42. The van der Waals surface area contributed by atoms with E-state index in [2.05, 4.69) is 4.90 Å². The van der Waals surface area contributed by atoms with Gasteiger partial charge in [0.1, 0.15) is 11.6 Å². The fraction of sp³-hybridized carbons (Fsp3) is 0.533. The number of hydrogen-bond donors (Lipinski definition) is 2. The molecule has 0 spiro atoms. The summed E-state index contributed by atoms with van der Waals surface area (Å²) < 4.78 is 10.6. The molecule has 110 valence electrons. The SMILES string of the molecule is COCC1CCN(Cc2cc(C(=N)N)ccc2OC)C1. The Balaban J connectivity index is 2.08. The van der Waals surface area contributed by atoms with E-state index in [0.29, 0.717) is 5.92 Å². The standard InChI is InChI=1S/C15H23N3O2/c1-19-10-11-5-6-18(8-11)9-13-7-12(15(16)17)3-4-14(13)20-2/h3-4,7,11H,5-6,8-10H2,1-2H3,(H3,16,17). The van der Waals surface area contributed by atoms with Crippen LogP contribution in [0, 0.1) is 11.3 Å². The summed E-state index contributed by atoms with van der Waals surface area (Å²) in [5, 5.41) is 7.54. The van der Waals surface area contributed by atoms with E-state index >= 15 is 0 Å². The molecule has 0 bridgehead atoms. The maximum atomic E-state index is 7.54. The van der Waals surface area contributed by atoms with Crippen LogP contribution in [-0.4, -0.2) is 44.7 Å². The first-order valence-corrected chi connectivity index (χ1v) is 6.86. The van der Waals surface area contributed by atoms with Crippen LogP contribution < -0.4 is 10.5 Å². The monoisotopic (exact) mass is 277 g/mol. The predicted octanol–water partition coefficient (Wildman–Crippen LogP) is 1.45. The quantitative estimate of drug-likeness (QED) is 0.610. The summed E-state index contributed by atoms with van der Waals surface area (Å²) in [6.45, 7) is 3.76. The van der Waals surface area contributed by atoms with Crippen molar-refractivity contribution in [3.05, 3.63) is 29.3 Å². The zero-order valence-electron chi connectivity index (χ0n) is 12.2. The average molecular weight is 277 g/mol. The maximum absolute atomic E-state index is 7.54. The van der Waals surface area contributed by atoms with E-state index in [1.165, 1.54) is 6.42 Å². The third kappa shape index (κ3) is 3.49. The van der Waals surface area contributed by atoms with Gasteiger partial charge in [-0.1, -0.05) is 0 Å². The molecule has 1 aliphatic heterocycles. The number of amidine groups is 1. The van der Waals surface area contributed by atoms with E-state index in [1.807, 2.05) is 18.2 Å². The molecule has 1 heterocycles. The molecule has 0 aromatic heterocycles. The van der Waals surface area contributed by atoms with Crippen molar-refractivity contribution in [1.29, 1.82) is 5.41 Å². The first-order chi connectivity index (χ1) is 9.63. The lowest BCUT2D eigenvalue weighted by Gasteiger charge is -2.18. The highest BCUT2D eigenvalue weighted by atomic mass is 16.5. The van der Waals surface area contributed by atoms with Gasteiger partial charge in [-0.15, -0.1) is 0 Å². The summed E-state index contributed by atoms with van der Waals surface area (Å²) in [4.78, 5) is 2.39. The minimum atomic E-state index is 0.0904. The van der Waals surface area contributed by atoms with Gasteiger partial charge in [0.05, 0.1) is 13.7 Å². The van der Waals surface area contributed by atoms with E-state index in [4.69, 9.17) is 20.6 Å². The Morgan fingerprint density at radius 1 is 1.45 bits per heavy atom. The van der Waals surface area contributed by atoms with Crippen molar-refractivity contribution in [1.82, 2.24) is 4.90 Å². The lowest BCUT2D eigenvalue weighted by atomic mass is 10.1. The van der Waals surface area contributed by atoms with Gasteiger partial charge < -0.3 is 15.2 Å². The van der Waals surface area contributed by atoms with Crippen molar-refractivity contribution in [3.8, 4) is 5.75 Å². The van der Waals surface area contributed by atoms with Crippen LogP contribution in [0.4, 0.5) is 0 Å². The normalized spacial score (nSPS) is 19.2. The Morgan fingerprint density at radius 2 is 2.25 bits per heavy atom. The molecule has 0 aliphatic carbocycles. The fourth-order valence-corrected chi connectivity index (χ4v) is 2.74. The van der Waals surface area contributed by atoms with E-state index in [0.717, 1.165) is 43.1 Å². The van der Waals surface area contributed by atoms with Crippen molar-refractivity contribution in [3.63, 3.8) is 0 Å². The molecule has 1 atom stereocenters. The van der Waals surface area contributed by atoms with Crippen LogP contribution in [0.25, 0.3) is 0 Å². The highest BCUT2D eigenvalue weighted by Crippen LogP contribution is 2.25. The minimum absolute atomic E-state index is 0.0904. The first kappa shape index (κ1) is 14.8. The molecule has 1 fully saturated rings. The summed E-state index contributed by atoms with van der Waals surface area (Å²) in [5.41, 5.74) is 7.38. The Morgan fingerprint density at radius 3 is 2.90 bits per heavy atom. The largest absolute Gasteiger partial charge is 0.496 e. The summed E-state index contributed by atoms with van der Waals surface area (Å²) in [5.74, 6) is 1.56. The van der Waals surface area contributed by atoms with Crippen LogP contribution in [0.3, 0.4) is 0 Å². The number of hydrogen-bond acceptors (Lipinski definition) is 4. The molecule has 1 unspecified atom stereocenters. The molecule has 5 heteroatoms. The number of rotatable bonds is 6. The van der Waals surface area contributed by atoms with Crippen molar-refractivity contribution in [2.24, 2.45) is 11.7 Å². The highest BCUT2D eigenvalue weighted by molar-refractivity contribution is 5.95. The Hall–Kier alpha value is -1.59. The zero-order valence-corrected chi connectivity index (χ0v) is 12.2. The molecule has 0 amide bonds. The zero-order chi connectivity index (χ0) is 14.5. The van der Waals surface area contributed by atoms with E-state index in [1.54, 1.807) is 14.2 Å². The topological polar surface area (TPSA) is 71.6 Å². The summed E-state index contributed by atoms with van der Waals surface area (Å²) in [6, 6.07) is 5.65. The van der Waals surface area contributed by atoms with Gasteiger partial charge in [-0.2, -0.15) is 0 Å². The second-order valence-electron chi connectivity index (χ2n) is 5.29. The van der Waals surface area contributed by atoms with Gasteiger partial charge in [-0.05, 0) is 37.1 Å². The van der Waals surface area contributed by atoms with E-state index in [-0.39, 0.29) is 5.84 Å². The van der Waals surface area contributed by atoms with Crippen LogP contribution in [0.5, 0.6) is 5.75 Å². The molecule has 5 nitrogen and oxygen atoms in total. The predicted molar refractivity (Wildman–Crippen MR) is 79.3 cm³/mol. The van der Waals surface area contributed by atoms with Crippen LogP contribution in [-0.2, 0) is 11.3 Å². The summed E-state index contributed by atoms with van der Waals surface area (Å²) >= 11 is 0. The molecule has 0 radical (unpaired) electrons. The van der Waals surface area contributed by atoms with Crippen LogP contribution in [0.2, 0.25) is 0 Å². The second-order valence-corrected chi connectivity index (χ2v) is 5.29. The lowest BCUT2D eigenvalue weighted by Crippen LogP contribution is -2.22. The number of nitrogen functional groups attached to an aromatic ring is 1. The molecular weight excluding hydrogens is 254 g/mol. The third-order valence-corrected chi connectivity index (χ3v) is 3.76. The first-order valence-electron chi connectivity index (χ1n) is 6.86. The Labute approximate surface area is 120 Å². The smallest absolute Gasteiger partial charge is 0.123 e. The maximum Gasteiger partial charge on any atom is 0.123 e. The van der Waals surface area contributed by atoms with Gasteiger partial charge in [0, 0.05) is 31.3 Å². The number of methoxy groups -OCH3 is 2.